The van der Waals surface area contributed by atoms with E-state index in [1.165, 1.54) is 5.56 Å². The summed E-state index contributed by atoms with van der Waals surface area (Å²) < 4.78 is 11.2. The number of nitrogens with zero attached hydrogens (tertiary/aromatic N) is 2. The summed E-state index contributed by atoms with van der Waals surface area (Å²) in [5, 5.41) is 9.23. The van der Waals surface area contributed by atoms with E-state index >= 15 is 0 Å². The van der Waals surface area contributed by atoms with Gasteiger partial charge in [-0.2, -0.15) is 5.26 Å². The lowest BCUT2D eigenvalue weighted by molar-refractivity contribution is 0.301. The van der Waals surface area contributed by atoms with Crippen LogP contribution in [0, 0.1) is 25.2 Å². The molecule has 24 heavy (non-hydrogen) atoms. The van der Waals surface area contributed by atoms with Crippen LogP contribution in [0.25, 0.3) is 11.5 Å². The summed E-state index contributed by atoms with van der Waals surface area (Å²) in [6.07, 6.45) is 1.58. The van der Waals surface area contributed by atoms with Gasteiger partial charge in [0, 0.05) is 5.56 Å². The normalized spacial score (nSPS) is 10.4. The van der Waals surface area contributed by atoms with E-state index in [0.717, 1.165) is 11.1 Å². The Kier molecular flexibility index (Phi) is 4.54. The molecule has 0 N–H and O–H groups in total. The summed E-state index contributed by atoms with van der Waals surface area (Å²) in [6, 6.07) is 13.0. The molecule has 0 saturated carbocycles. The Labute approximate surface area is 145 Å². The molecule has 3 aromatic rings. The quantitative estimate of drug-likeness (QED) is 0.667. The molecule has 0 aliphatic rings. The number of halogens is 1. The van der Waals surface area contributed by atoms with Crippen LogP contribution in [-0.2, 0) is 6.61 Å². The van der Waals surface area contributed by atoms with Crippen molar-refractivity contribution in [3.8, 4) is 23.3 Å². The first-order chi connectivity index (χ1) is 11.6. The first-order valence-corrected chi connectivity index (χ1v) is 7.79. The molecule has 0 spiro atoms. The molecule has 0 amide bonds. The third-order valence-corrected chi connectivity index (χ3v) is 3.90. The molecule has 1 heterocycles. The lowest BCUT2D eigenvalue weighted by atomic mass is 10.1. The van der Waals surface area contributed by atoms with Crippen molar-refractivity contribution in [3.63, 3.8) is 0 Å². The van der Waals surface area contributed by atoms with Crippen molar-refractivity contribution >= 4 is 11.6 Å². The Morgan fingerprint density at radius 1 is 1.21 bits per heavy atom. The summed E-state index contributed by atoms with van der Waals surface area (Å²) in [6.45, 7) is 4.31. The molecule has 0 saturated heterocycles. The van der Waals surface area contributed by atoms with Crippen molar-refractivity contribution in [2.24, 2.45) is 0 Å². The van der Waals surface area contributed by atoms with E-state index in [1.807, 2.05) is 32.0 Å². The Morgan fingerprint density at radius 3 is 2.75 bits per heavy atom. The van der Waals surface area contributed by atoms with E-state index < -0.39 is 0 Å². The molecule has 0 bridgehead atoms. The van der Waals surface area contributed by atoms with Crippen molar-refractivity contribution in [2.45, 2.75) is 20.5 Å². The van der Waals surface area contributed by atoms with Crippen molar-refractivity contribution in [2.75, 3.05) is 0 Å². The molecular formula is C19H15ClN2O2. The fourth-order valence-corrected chi connectivity index (χ4v) is 2.62. The Bertz CT molecular complexity index is 925. The Morgan fingerprint density at radius 2 is 2.04 bits per heavy atom. The van der Waals surface area contributed by atoms with Gasteiger partial charge in [-0.05, 0) is 43.7 Å². The van der Waals surface area contributed by atoms with E-state index in [-0.39, 0.29) is 6.61 Å². The minimum Gasteiger partial charge on any atom is -0.486 e. The molecule has 0 fully saturated rings. The minimum absolute atomic E-state index is 0.236. The second-order valence-electron chi connectivity index (χ2n) is 5.51. The number of hydrogen-bond acceptors (Lipinski definition) is 4. The third kappa shape index (κ3) is 3.42. The summed E-state index contributed by atoms with van der Waals surface area (Å²) >= 11 is 6.09. The van der Waals surface area contributed by atoms with Crippen LogP contribution in [-0.4, -0.2) is 4.98 Å². The van der Waals surface area contributed by atoms with Crippen LogP contribution in [0.1, 0.15) is 22.4 Å². The summed E-state index contributed by atoms with van der Waals surface area (Å²) in [4.78, 5) is 4.46. The number of ether oxygens (including phenoxy) is 1. The molecule has 1 aromatic heterocycles. The number of rotatable bonds is 4. The molecule has 4 nitrogen and oxygen atoms in total. The molecule has 0 aliphatic heterocycles. The summed E-state index contributed by atoms with van der Waals surface area (Å²) in [5.74, 6) is 1.07. The van der Waals surface area contributed by atoms with Crippen LogP contribution in [0.4, 0.5) is 0 Å². The van der Waals surface area contributed by atoms with Crippen molar-refractivity contribution < 1.29 is 9.15 Å². The van der Waals surface area contributed by atoms with Gasteiger partial charge in [-0.1, -0.05) is 29.3 Å². The van der Waals surface area contributed by atoms with Crippen molar-refractivity contribution in [3.05, 3.63) is 70.1 Å². The highest BCUT2D eigenvalue weighted by molar-refractivity contribution is 6.32. The predicted octanol–water partition coefficient (Wildman–Crippen LogP) is 5.06. The predicted molar refractivity (Wildman–Crippen MR) is 91.9 cm³/mol. The fraction of sp³-hybridized carbons (Fsp3) is 0.158. The second kappa shape index (κ2) is 6.77. The maximum atomic E-state index is 8.84. The highest BCUT2D eigenvalue weighted by atomic mass is 35.5. The first-order valence-electron chi connectivity index (χ1n) is 7.41. The minimum atomic E-state index is 0.236. The number of benzene rings is 2. The SMILES string of the molecule is Cc1ccc(-c2nc(COc3ccc(C#N)cc3Cl)co2)c(C)c1. The average Bonchev–Trinajstić information content (AvgIpc) is 3.02. The molecular weight excluding hydrogens is 324 g/mol. The smallest absolute Gasteiger partial charge is 0.226 e. The maximum Gasteiger partial charge on any atom is 0.226 e. The zero-order chi connectivity index (χ0) is 17.1. The van der Waals surface area contributed by atoms with E-state index in [0.29, 0.717) is 27.9 Å². The molecule has 0 unspecified atom stereocenters. The number of hydrogen-bond donors (Lipinski definition) is 0. The molecule has 2 aromatic carbocycles. The van der Waals surface area contributed by atoms with Gasteiger partial charge < -0.3 is 9.15 Å². The second-order valence-corrected chi connectivity index (χ2v) is 5.92. The Balaban J connectivity index is 1.74. The highest BCUT2D eigenvalue weighted by Crippen LogP contribution is 2.27. The fourth-order valence-electron chi connectivity index (χ4n) is 2.39. The van der Waals surface area contributed by atoms with Gasteiger partial charge in [0.05, 0.1) is 16.7 Å². The number of aromatic nitrogens is 1. The summed E-state index contributed by atoms with van der Waals surface area (Å²) in [7, 11) is 0. The van der Waals surface area contributed by atoms with Crippen LogP contribution in [0.15, 0.2) is 47.1 Å². The number of oxazole rings is 1. The third-order valence-electron chi connectivity index (χ3n) is 3.60. The lowest BCUT2D eigenvalue weighted by Gasteiger charge is -2.06. The van der Waals surface area contributed by atoms with Crippen LogP contribution in [0.3, 0.4) is 0 Å². The molecule has 0 radical (unpaired) electrons. The molecule has 3 rings (SSSR count). The zero-order valence-corrected chi connectivity index (χ0v) is 14.1. The molecule has 0 aliphatic carbocycles. The van der Waals surface area contributed by atoms with Gasteiger partial charge in [-0.15, -0.1) is 0 Å². The monoisotopic (exact) mass is 338 g/mol. The van der Waals surface area contributed by atoms with E-state index in [2.05, 4.69) is 11.1 Å². The van der Waals surface area contributed by atoms with Crippen LogP contribution in [0.2, 0.25) is 5.02 Å². The Hall–Kier alpha value is -2.77. The average molecular weight is 339 g/mol. The lowest BCUT2D eigenvalue weighted by Crippen LogP contribution is -1.96. The van der Waals surface area contributed by atoms with Gasteiger partial charge in [0.15, 0.2) is 0 Å². The van der Waals surface area contributed by atoms with E-state index in [9.17, 15) is 0 Å². The van der Waals surface area contributed by atoms with Gasteiger partial charge >= 0.3 is 0 Å². The van der Waals surface area contributed by atoms with Gasteiger partial charge in [0.1, 0.15) is 24.3 Å². The number of nitriles is 1. The van der Waals surface area contributed by atoms with E-state index in [4.69, 9.17) is 26.0 Å². The van der Waals surface area contributed by atoms with Crippen molar-refractivity contribution in [1.29, 1.82) is 5.26 Å². The largest absolute Gasteiger partial charge is 0.486 e. The standard InChI is InChI=1S/C19H15ClN2O2/c1-12-3-5-16(13(2)7-12)19-22-15(11-24-19)10-23-18-6-4-14(9-21)8-17(18)20/h3-8,11H,10H2,1-2H3. The molecule has 5 heteroatoms. The van der Waals surface area contributed by atoms with Gasteiger partial charge in [0.25, 0.3) is 0 Å². The van der Waals surface area contributed by atoms with Gasteiger partial charge in [0.2, 0.25) is 5.89 Å². The van der Waals surface area contributed by atoms with Crippen molar-refractivity contribution in [1.82, 2.24) is 4.98 Å². The zero-order valence-electron chi connectivity index (χ0n) is 13.3. The van der Waals surface area contributed by atoms with Crippen LogP contribution >= 0.6 is 11.6 Å². The summed E-state index contributed by atoms with van der Waals surface area (Å²) in [5.41, 5.74) is 4.43. The van der Waals surface area contributed by atoms with Gasteiger partial charge in [-0.3, -0.25) is 0 Å². The first kappa shape index (κ1) is 16.1. The van der Waals surface area contributed by atoms with Gasteiger partial charge in [-0.25, -0.2) is 4.98 Å². The van der Waals surface area contributed by atoms with E-state index in [1.54, 1.807) is 24.5 Å². The van der Waals surface area contributed by atoms with Crippen LogP contribution < -0.4 is 4.74 Å². The highest BCUT2D eigenvalue weighted by Gasteiger charge is 2.11. The topological polar surface area (TPSA) is 59.0 Å². The molecule has 120 valence electrons. The molecule has 0 atom stereocenters. The number of aryl methyl sites for hydroxylation is 2. The van der Waals surface area contributed by atoms with Crippen LogP contribution in [0.5, 0.6) is 5.75 Å². The maximum absolute atomic E-state index is 8.84.